The Morgan fingerprint density at radius 1 is 1.35 bits per heavy atom. The Kier molecular flexibility index (Phi) is 6.02. The summed E-state index contributed by atoms with van der Waals surface area (Å²) in [6, 6.07) is 0.562. The number of hydrogen-bond donors (Lipinski definition) is 1. The normalized spacial score (nSPS) is 24.1. The van der Waals surface area contributed by atoms with Gasteiger partial charge in [-0.05, 0) is 37.6 Å². The number of aromatic nitrogens is 3. The van der Waals surface area contributed by atoms with Gasteiger partial charge >= 0.3 is 0 Å². The van der Waals surface area contributed by atoms with Gasteiger partial charge in [0.15, 0.2) is 0 Å². The van der Waals surface area contributed by atoms with Gasteiger partial charge in [-0.15, -0.1) is 0 Å². The van der Waals surface area contributed by atoms with Gasteiger partial charge in [0.1, 0.15) is 12.2 Å². The summed E-state index contributed by atoms with van der Waals surface area (Å²) in [5.74, 6) is 2.79. The lowest BCUT2D eigenvalue weighted by atomic mass is 9.88. The Balaban J connectivity index is 2.04. The third-order valence-corrected chi connectivity index (χ3v) is 4.63. The van der Waals surface area contributed by atoms with E-state index < -0.39 is 0 Å². The van der Waals surface area contributed by atoms with E-state index in [0.29, 0.717) is 6.04 Å². The fraction of sp³-hybridized carbons (Fsp3) is 0.875. The summed E-state index contributed by atoms with van der Waals surface area (Å²) in [7, 11) is 0. The number of nitrogens with one attached hydrogen (secondary N) is 1. The summed E-state index contributed by atoms with van der Waals surface area (Å²) < 4.78 is 2.08. The fourth-order valence-electron chi connectivity index (χ4n) is 3.52. The highest BCUT2D eigenvalue weighted by Crippen LogP contribution is 2.34. The molecule has 114 valence electrons. The zero-order valence-electron chi connectivity index (χ0n) is 13.3. The molecule has 1 saturated carbocycles. The maximum Gasteiger partial charge on any atom is 0.138 e. The Morgan fingerprint density at radius 3 is 2.85 bits per heavy atom. The van der Waals surface area contributed by atoms with Crippen LogP contribution in [0.25, 0.3) is 0 Å². The Labute approximate surface area is 123 Å². The van der Waals surface area contributed by atoms with E-state index >= 15 is 0 Å². The zero-order chi connectivity index (χ0) is 14.4. The van der Waals surface area contributed by atoms with Crippen molar-refractivity contribution in [1.29, 1.82) is 0 Å². The lowest BCUT2D eigenvalue weighted by Gasteiger charge is -2.28. The lowest BCUT2D eigenvalue weighted by Crippen LogP contribution is -2.40. The average Bonchev–Trinajstić information content (AvgIpc) is 3.04. The molecule has 2 rings (SSSR count). The van der Waals surface area contributed by atoms with Crippen LogP contribution in [0.5, 0.6) is 0 Å². The molecule has 1 aromatic heterocycles. The molecule has 1 aliphatic carbocycles. The summed E-state index contributed by atoms with van der Waals surface area (Å²) in [4.78, 5) is 4.49. The second-order valence-corrected chi connectivity index (χ2v) is 6.24. The summed E-state index contributed by atoms with van der Waals surface area (Å²) in [6.07, 6.45) is 9.18. The third-order valence-electron chi connectivity index (χ3n) is 4.63. The van der Waals surface area contributed by atoms with Crippen LogP contribution < -0.4 is 5.32 Å². The van der Waals surface area contributed by atoms with Crippen molar-refractivity contribution in [2.75, 3.05) is 6.54 Å². The first-order valence-corrected chi connectivity index (χ1v) is 8.36. The second kappa shape index (κ2) is 7.77. The van der Waals surface area contributed by atoms with Crippen molar-refractivity contribution in [3.63, 3.8) is 0 Å². The highest BCUT2D eigenvalue weighted by molar-refractivity contribution is 4.95. The van der Waals surface area contributed by atoms with Crippen molar-refractivity contribution < 1.29 is 0 Å². The van der Waals surface area contributed by atoms with E-state index in [9.17, 15) is 0 Å². The van der Waals surface area contributed by atoms with E-state index in [1.165, 1.54) is 25.7 Å². The molecule has 0 aromatic carbocycles. The van der Waals surface area contributed by atoms with Gasteiger partial charge in [-0.2, -0.15) is 5.10 Å². The predicted octanol–water partition coefficient (Wildman–Crippen LogP) is 3.04. The van der Waals surface area contributed by atoms with Crippen molar-refractivity contribution in [2.24, 2.45) is 11.8 Å². The summed E-state index contributed by atoms with van der Waals surface area (Å²) >= 11 is 0. The standard InChI is InChI=1S/C16H30N4/c1-4-9-17-15(14-8-6-7-13(14)3)11-16-18-12-19-20(16)10-5-2/h12-15,17H,4-11H2,1-3H3. The number of aryl methyl sites for hydroxylation is 1. The average molecular weight is 278 g/mol. The van der Waals surface area contributed by atoms with E-state index in [2.05, 4.69) is 40.9 Å². The van der Waals surface area contributed by atoms with Crippen LogP contribution in [0.4, 0.5) is 0 Å². The molecule has 4 nitrogen and oxygen atoms in total. The van der Waals surface area contributed by atoms with Crippen molar-refractivity contribution in [1.82, 2.24) is 20.1 Å². The highest BCUT2D eigenvalue weighted by Gasteiger charge is 2.31. The van der Waals surface area contributed by atoms with E-state index in [0.717, 1.165) is 43.6 Å². The molecular formula is C16H30N4. The molecule has 20 heavy (non-hydrogen) atoms. The zero-order valence-corrected chi connectivity index (χ0v) is 13.3. The SMILES string of the molecule is CCCNC(Cc1ncnn1CCC)C1CCCC1C. The first-order valence-electron chi connectivity index (χ1n) is 8.36. The minimum absolute atomic E-state index is 0.562. The maximum absolute atomic E-state index is 4.49. The Hall–Kier alpha value is -0.900. The molecule has 1 aromatic rings. The molecule has 0 spiro atoms. The molecule has 3 unspecified atom stereocenters. The van der Waals surface area contributed by atoms with Gasteiger partial charge in [0.25, 0.3) is 0 Å². The number of nitrogens with zero attached hydrogens (tertiary/aromatic N) is 3. The minimum atomic E-state index is 0.562. The summed E-state index contributed by atoms with van der Waals surface area (Å²) in [6.45, 7) is 8.93. The van der Waals surface area contributed by atoms with Gasteiger partial charge in [0, 0.05) is 19.0 Å². The van der Waals surface area contributed by atoms with E-state index in [4.69, 9.17) is 0 Å². The van der Waals surface area contributed by atoms with Crippen LogP contribution in [0.15, 0.2) is 6.33 Å². The molecule has 0 aliphatic heterocycles. The topological polar surface area (TPSA) is 42.7 Å². The molecule has 4 heteroatoms. The van der Waals surface area contributed by atoms with Crippen LogP contribution in [0.1, 0.15) is 58.7 Å². The monoisotopic (exact) mass is 278 g/mol. The van der Waals surface area contributed by atoms with Crippen LogP contribution >= 0.6 is 0 Å². The molecule has 0 amide bonds. The fourth-order valence-corrected chi connectivity index (χ4v) is 3.52. The van der Waals surface area contributed by atoms with Crippen molar-refractivity contribution in [3.05, 3.63) is 12.2 Å². The van der Waals surface area contributed by atoms with Gasteiger partial charge in [-0.25, -0.2) is 4.98 Å². The van der Waals surface area contributed by atoms with Crippen LogP contribution in [0.3, 0.4) is 0 Å². The van der Waals surface area contributed by atoms with Crippen LogP contribution in [-0.4, -0.2) is 27.4 Å². The Bertz CT molecular complexity index is 388. The first kappa shape index (κ1) is 15.5. The molecule has 3 atom stereocenters. The third kappa shape index (κ3) is 3.81. The summed E-state index contributed by atoms with van der Waals surface area (Å²) in [5.41, 5.74) is 0. The predicted molar refractivity (Wildman–Crippen MR) is 82.6 cm³/mol. The van der Waals surface area contributed by atoms with Crippen LogP contribution in [0.2, 0.25) is 0 Å². The van der Waals surface area contributed by atoms with Gasteiger partial charge in [0.2, 0.25) is 0 Å². The molecule has 1 N–H and O–H groups in total. The molecule has 1 heterocycles. The first-order chi connectivity index (χ1) is 9.76. The van der Waals surface area contributed by atoms with Crippen molar-refractivity contribution >= 4 is 0 Å². The lowest BCUT2D eigenvalue weighted by molar-refractivity contribution is 0.289. The van der Waals surface area contributed by atoms with Crippen LogP contribution in [-0.2, 0) is 13.0 Å². The Morgan fingerprint density at radius 2 is 2.20 bits per heavy atom. The van der Waals surface area contributed by atoms with Gasteiger partial charge in [0.05, 0.1) is 0 Å². The van der Waals surface area contributed by atoms with Crippen molar-refractivity contribution in [2.45, 2.75) is 71.9 Å². The quantitative estimate of drug-likeness (QED) is 0.795. The number of hydrogen-bond acceptors (Lipinski definition) is 3. The van der Waals surface area contributed by atoms with Gasteiger partial charge in [-0.3, -0.25) is 4.68 Å². The van der Waals surface area contributed by atoms with Gasteiger partial charge in [-0.1, -0.05) is 33.6 Å². The number of rotatable bonds is 8. The van der Waals surface area contributed by atoms with E-state index in [1.807, 2.05) is 0 Å². The highest BCUT2D eigenvalue weighted by atomic mass is 15.3. The maximum atomic E-state index is 4.49. The molecule has 0 radical (unpaired) electrons. The molecule has 0 bridgehead atoms. The molecule has 1 fully saturated rings. The van der Waals surface area contributed by atoms with Crippen LogP contribution in [0, 0.1) is 11.8 Å². The van der Waals surface area contributed by atoms with E-state index in [-0.39, 0.29) is 0 Å². The van der Waals surface area contributed by atoms with E-state index in [1.54, 1.807) is 6.33 Å². The largest absolute Gasteiger partial charge is 0.313 e. The smallest absolute Gasteiger partial charge is 0.138 e. The molecular weight excluding hydrogens is 248 g/mol. The van der Waals surface area contributed by atoms with Gasteiger partial charge < -0.3 is 5.32 Å². The second-order valence-electron chi connectivity index (χ2n) is 6.24. The summed E-state index contributed by atoms with van der Waals surface area (Å²) in [5, 5.41) is 8.13. The molecule has 1 aliphatic rings. The van der Waals surface area contributed by atoms with Crippen molar-refractivity contribution in [3.8, 4) is 0 Å². The minimum Gasteiger partial charge on any atom is -0.313 e. The molecule has 0 saturated heterocycles.